The number of nitrogens with zero attached hydrogens (tertiary/aromatic N) is 2. The fourth-order valence-electron chi connectivity index (χ4n) is 2.55. The lowest BCUT2D eigenvalue weighted by Crippen LogP contribution is -2.37. The van der Waals surface area contributed by atoms with E-state index in [-0.39, 0.29) is 5.82 Å². The molecule has 0 spiro atoms. The van der Waals surface area contributed by atoms with E-state index in [2.05, 4.69) is 23.4 Å². The number of anilines is 1. The van der Waals surface area contributed by atoms with E-state index in [0.29, 0.717) is 0 Å². The van der Waals surface area contributed by atoms with Crippen LogP contribution in [-0.4, -0.2) is 73.3 Å². The van der Waals surface area contributed by atoms with Crippen LogP contribution in [0.1, 0.15) is 6.23 Å². The van der Waals surface area contributed by atoms with Crippen LogP contribution in [0.25, 0.3) is 0 Å². The Kier molecular flexibility index (Phi) is 8.33. The standard InChI is InChI=1S/C11H20N3O14P3/c1-12-7-3-4-14(11(16)13-7)10-9(24-2)8(15)6(26-10)5-25-30(20,21)28-31(22,23)27-29(17,18)19/h3-4,6,8-10,15H,5H2,1-2H3,(H,20,21)(H,22,23)(H,12,13,16)(H2,17,18,19)/t6-,8-,9-,10-/m1/s1. The highest BCUT2D eigenvalue weighted by Crippen LogP contribution is 2.66. The van der Waals surface area contributed by atoms with Crippen molar-refractivity contribution in [2.24, 2.45) is 0 Å². The zero-order valence-corrected chi connectivity index (χ0v) is 18.5. The third-order valence-electron chi connectivity index (χ3n) is 3.76. The highest BCUT2D eigenvalue weighted by Gasteiger charge is 2.47. The third kappa shape index (κ3) is 7.23. The largest absolute Gasteiger partial charge is 0.490 e. The second-order valence-corrected chi connectivity index (χ2v) is 10.3. The number of phosphoric ester groups is 1. The average molecular weight is 511 g/mol. The Bertz CT molecular complexity index is 980. The van der Waals surface area contributed by atoms with Crippen molar-refractivity contribution in [1.82, 2.24) is 9.55 Å². The Morgan fingerprint density at radius 2 is 1.84 bits per heavy atom. The van der Waals surface area contributed by atoms with Gasteiger partial charge in [0.2, 0.25) is 0 Å². The number of nitrogens with one attached hydrogen (secondary N) is 1. The predicted octanol–water partition coefficient (Wildman–Crippen LogP) is -1.10. The van der Waals surface area contributed by atoms with Crippen LogP contribution in [0, 0.1) is 0 Å². The first-order chi connectivity index (χ1) is 14.2. The minimum Gasteiger partial charge on any atom is -0.387 e. The van der Waals surface area contributed by atoms with Crippen LogP contribution in [0.15, 0.2) is 17.1 Å². The molecule has 0 amide bonds. The number of aromatic nitrogens is 2. The van der Waals surface area contributed by atoms with Gasteiger partial charge in [-0.3, -0.25) is 9.09 Å². The lowest BCUT2D eigenvalue weighted by molar-refractivity contribution is -0.0618. The molecule has 0 saturated carbocycles. The topological polar surface area (TPSA) is 245 Å². The van der Waals surface area contributed by atoms with Crippen LogP contribution in [0.5, 0.6) is 0 Å². The minimum absolute atomic E-state index is 0.262. The van der Waals surface area contributed by atoms with Crippen LogP contribution >= 0.6 is 23.5 Å². The molecule has 1 fully saturated rings. The van der Waals surface area contributed by atoms with Crippen LogP contribution in [0.4, 0.5) is 5.82 Å². The molecular formula is C11H20N3O14P3. The molecule has 0 aromatic carbocycles. The van der Waals surface area contributed by atoms with Crippen LogP contribution < -0.4 is 11.0 Å². The normalized spacial score (nSPS) is 28.1. The van der Waals surface area contributed by atoms with Gasteiger partial charge in [0.05, 0.1) is 6.61 Å². The number of hydrogen-bond acceptors (Lipinski definition) is 12. The maximum Gasteiger partial charge on any atom is 0.490 e. The van der Waals surface area contributed by atoms with E-state index in [0.717, 1.165) is 4.57 Å². The van der Waals surface area contributed by atoms with E-state index >= 15 is 0 Å². The molecule has 20 heteroatoms. The Morgan fingerprint density at radius 1 is 1.19 bits per heavy atom. The van der Waals surface area contributed by atoms with Gasteiger partial charge in [0.1, 0.15) is 24.1 Å². The van der Waals surface area contributed by atoms with Crippen molar-refractivity contribution in [3.63, 3.8) is 0 Å². The molecule has 2 heterocycles. The molecule has 1 aromatic heterocycles. The molecule has 1 aromatic rings. The van der Waals surface area contributed by atoms with Crippen molar-refractivity contribution in [2.45, 2.75) is 24.5 Å². The van der Waals surface area contributed by atoms with Gasteiger partial charge in [-0.2, -0.15) is 13.6 Å². The minimum atomic E-state index is -5.69. The molecule has 0 bridgehead atoms. The molecule has 6 N–H and O–H groups in total. The fourth-order valence-corrected chi connectivity index (χ4v) is 5.58. The van der Waals surface area contributed by atoms with E-state index in [9.17, 15) is 28.5 Å². The van der Waals surface area contributed by atoms with Crippen molar-refractivity contribution in [3.05, 3.63) is 22.7 Å². The number of phosphoric acid groups is 3. The third-order valence-corrected chi connectivity index (χ3v) is 7.57. The molecule has 178 valence electrons. The molecule has 1 aliphatic rings. The smallest absolute Gasteiger partial charge is 0.387 e. The number of aliphatic hydroxyl groups excluding tert-OH is 1. The number of aliphatic hydroxyl groups is 1. The molecule has 1 aliphatic heterocycles. The quantitative estimate of drug-likeness (QED) is 0.204. The monoisotopic (exact) mass is 511 g/mol. The summed E-state index contributed by atoms with van der Waals surface area (Å²) in [7, 11) is -13.9. The zero-order valence-electron chi connectivity index (χ0n) is 15.8. The molecule has 0 aliphatic carbocycles. The predicted molar refractivity (Wildman–Crippen MR) is 98.6 cm³/mol. The van der Waals surface area contributed by atoms with Gasteiger partial charge < -0.3 is 39.5 Å². The first-order valence-electron chi connectivity index (χ1n) is 8.09. The van der Waals surface area contributed by atoms with Crippen molar-refractivity contribution in [2.75, 3.05) is 26.1 Å². The number of rotatable bonds is 10. The lowest BCUT2D eigenvalue weighted by Gasteiger charge is -2.20. The summed E-state index contributed by atoms with van der Waals surface area (Å²) in [5.74, 6) is 0.262. The summed E-state index contributed by atoms with van der Waals surface area (Å²) in [5.41, 5.74) is -0.764. The highest BCUT2D eigenvalue weighted by atomic mass is 31.3. The maximum absolute atomic E-state index is 12.2. The van der Waals surface area contributed by atoms with Crippen molar-refractivity contribution in [1.29, 1.82) is 0 Å². The lowest BCUT2D eigenvalue weighted by atomic mass is 10.1. The highest BCUT2D eigenvalue weighted by molar-refractivity contribution is 7.66. The van der Waals surface area contributed by atoms with Gasteiger partial charge in [-0.15, -0.1) is 0 Å². The summed E-state index contributed by atoms with van der Waals surface area (Å²) in [6.07, 6.45) is -3.96. The van der Waals surface area contributed by atoms with Crippen molar-refractivity contribution in [3.8, 4) is 0 Å². The van der Waals surface area contributed by atoms with E-state index in [4.69, 9.17) is 24.2 Å². The fraction of sp³-hybridized carbons (Fsp3) is 0.636. The Hall–Kier alpha value is -1.03. The SMILES string of the molecule is CNc1ccn([C@@H]2O[C@H](COP(=O)(O)OP(=O)(O)OP(=O)(O)O)[C@@H](O)[C@H]2OC)c(=O)n1. The first kappa shape index (κ1) is 26.2. The number of ether oxygens (including phenoxy) is 2. The number of methoxy groups -OCH3 is 1. The van der Waals surface area contributed by atoms with Crippen LogP contribution in [0.3, 0.4) is 0 Å². The van der Waals surface area contributed by atoms with E-state index in [1.165, 1.54) is 19.4 Å². The molecule has 0 radical (unpaired) electrons. The molecule has 2 rings (SSSR count). The molecular weight excluding hydrogens is 491 g/mol. The van der Waals surface area contributed by atoms with Crippen molar-refractivity contribution < 1.29 is 61.0 Å². The zero-order chi connectivity index (χ0) is 23.6. The molecule has 2 unspecified atom stereocenters. The first-order valence-corrected chi connectivity index (χ1v) is 12.6. The van der Waals surface area contributed by atoms with Gasteiger partial charge in [0.25, 0.3) is 0 Å². The molecule has 17 nitrogen and oxygen atoms in total. The van der Waals surface area contributed by atoms with E-state index in [1.807, 2.05) is 0 Å². The summed E-state index contributed by atoms with van der Waals surface area (Å²) < 4.78 is 56.9. The summed E-state index contributed by atoms with van der Waals surface area (Å²) in [5, 5.41) is 13.0. The van der Waals surface area contributed by atoms with Gasteiger partial charge in [0, 0.05) is 20.4 Å². The second kappa shape index (κ2) is 9.85. The van der Waals surface area contributed by atoms with Gasteiger partial charge in [-0.1, -0.05) is 0 Å². The molecule has 6 atom stereocenters. The van der Waals surface area contributed by atoms with Gasteiger partial charge in [-0.05, 0) is 6.07 Å². The van der Waals surface area contributed by atoms with Crippen LogP contribution in [0.2, 0.25) is 0 Å². The Labute approximate surface area is 174 Å². The van der Waals surface area contributed by atoms with E-state index < -0.39 is 60.3 Å². The Morgan fingerprint density at radius 3 is 2.35 bits per heavy atom. The second-order valence-electron chi connectivity index (χ2n) is 5.90. The van der Waals surface area contributed by atoms with E-state index in [1.54, 1.807) is 7.05 Å². The van der Waals surface area contributed by atoms with Gasteiger partial charge in [-0.25, -0.2) is 18.5 Å². The Balaban J connectivity index is 2.10. The molecule has 31 heavy (non-hydrogen) atoms. The average Bonchev–Trinajstić information content (AvgIpc) is 2.92. The summed E-state index contributed by atoms with van der Waals surface area (Å²) in [6.45, 7) is -0.919. The van der Waals surface area contributed by atoms with Gasteiger partial charge in [0.15, 0.2) is 6.23 Å². The van der Waals surface area contributed by atoms with Crippen LogP contribution in [-0.2, 0) is 36.3 Å². The maximum atomic E-state index is 12.2. The van der Waals surface area contributed by atoms with Gasteiger partial charge >= 0.3 is 29.2 Å². The summed E-state index contributed by atoms with van der Waals surface area (Å²) >= 11 is 0. The molecule has 1 saturated heterocycles. The summed E-state index contributed by atoms with van der Waals surface area (Å²) in [4.78, 5) is 51.5. The number of hydrogen-bond donors (Lipinski definition) is 6. The van der Waals surface area contributed by atoms with Crippen molar-refractivity contribution >= 4 is 29.3 Å². The summed E-state index contributed by atoms with van der Waals surface area (Å²) in [6, 6.07) is 1.43.